The molecule has 0 aromatic heterocycles. The Morgan fingerprint density at radius 1 is 1.21 bits per heavy atom. The van der Waals surface area contributed by atoms with Gasteiger partial charge >= 0.3 is 0 Å². The minimum Gasteiger partial charge on any atom is -0.338 e. The summed E-state index contributed by atoms with van der Waals surface area (Å²) < 4.78 is 0. The van der Waals surface area contributed by atoms with E-state index in [-0.39, 0.29) is 5.92 Å². The first-order chi connectivity index (χ1) is 9.29. The summed E-state index contributed by atoms with van der Waals surface area (Å²) in [6, 6.07) is 9.00. The molecular weight excluding hydrogens is 236 g/mol. The molecule has 3 nitrogen and oxygen atoms in total. The van der Waals surface area contributed by atoms with Crippen molar-refractivity contribution in [2.45, 2.75) is 38.1 Å². The van der Waals surface area contributed by atoms with Crippen molar-refractivity contribution >= 4 is 5.91 Å². The maximum absolute atomic E-state index is 12.6. The highest BCUT2D eigenvalue weighted by atomic mass is 16.2. The summed E-state index contributed by atoms with van der Waals surface area (Å²) in [5.74, 6) is 0.504. The van der Waals surface area contributed by atoms with Crippen molar-refractivity contribution in [2.75, 3.05) is 13.1 Å². The molecule has 0 heterocycles. The van der Waals surface area contributed by atoms with Crippen LogP contribution in [-0.2, 0) is 17.6 Å². The lowest BCUT2D eigenvalue weighted by molar-refractivity contribution is -0.136. The molecule has 0 bridgehead atoms. The van der Waals surface area contributed by atoms with E-state index in [4.69, 9.17) is 5.73 Å². The lowest BCUT2D eigenvalue weighted by Crippen LogP contribution is -2.42. The normalized spacial score (nSPS) is 21.8. The van der Waals surface area contributed by atoms with Crippen molar-refractivity contribution in [3.8, 4) is 0 Å². The predicted octanol–water partition coefficient (Wildman–Crippen LogP) is 1.74. The average Bonchev–Trinajstić information content (AvgIpc) is 3.28. The van der Waals surface area contributed by atoms with Crippen LogP contribution in [0.5, 0.6) is 0 Å². The summed E-state index contributed by atoms with van der Waals surface area (Å²) in [5.41, 5.74) is 8.42. The first-order valence-corrected chi connectivity index (χ1v) is 7.37. The third-order valence-electron chi connectivity index (χ3n) is 4.34. The Bertz CT molecular complexity index is 468. The largest absolute Gasteiger partial charge is 0.338 e. The van der Waals surface area contributed by atoms with Crippen molar-refractivity contribution in [1.29, 1.82) is 0 Å². The van der Waals surface area contributed by atoms with Crippen LogP contribution in [0.25, 0.3) is 0 Å². The van der Waals surface area contributed by atoms with Crippen molar-refractivity contribution in [1.82, 2.24) is 4.90 Å². The van der Waals surface area contributed by atoms with E-state index in [0.29, 0.717) is 18.5 Å². The number of hydrogen-bond donors (Lipinski definition) is 1. The molecule has 2 N–H and O–H groups in total. The molecule has 1 saturated carbocycles. The molecule has 2 aliphatic rings. The second-order valence-corrected chi connectivity index (χ2v) is 5.76. The van der Waals surface area contributed by atoms with Gasteiger partial charge in [-0.15, -0.1) is 0 Å². The predicted molar refractivity (Wildman–Crippen MR) is 75.7 cm³/mol. The van der Waals surface area contributed by atoms with Crippen LogP contribution in [0.15, 0.2) is 24.3 Å². The standard InChI is InChI=1S/C16H22N2O/c17-9-10-18(15-7-8-15)16(19)14-6-5-12-3-1-2-4-13(12)11-14/h1-4,14-15H,5-11,17H2. The molecule has 1 fully saturated rings. The molecule has 102 valence electrons. The molecule has 1 aromatic rings. The Morgan fingerprint density at radius 3 is 2.63 bits per heavy atom. The Balaban J connectivity index is 1.71. The zero-order valence-electron chi connectivity index (χ0n) is 11.3. The molecule has 1 amide bonds. The van der Waals surface area contributed by atoms with Gasteiger partial charge in [0, 0.05) is 25.0 Å². The highest BCUT2D eigenvalue weighted by Crippen LogP contribution is 2.31. The summed E-state index contributed by atoms with van der Waals surface area (Å²) >= 11 is 0. The van der Waals surface area contributed by atoms with E-state index in [1.165, 1.54) is 11.1 Å². The topological polar surface area (TPSA) is 46.3 Å². The van der Waals surface area contributed by atoms with E-state index in [1.54, 1.807) is 0 Å². The zero-order valence-corrected chi connectivity index (χ0v) is 11.3. The Morgan fingerprint density at radius 2 is 1.95 bits per heavy atom. The van der Waals surface area contributed by atoms with E-state index < -0.39 is 0 Å². The SMILES string of the molecule is NCCN(C(=O)C1CCc2ccccc2C1)C1CC1. The molecule has 1 atom stereocenters. The number of nitrogens with two attached hydrogens (primary N) is 1. The van der Waals surface area contributed by atoms with Gasteiger partial charge in [0.2, 0.25) is 5.91 Å². The summed E-state index contributed by atoms with van der Waals surface area (Å²) in [6.07, 6.45) is 5.25. The van der Waals surface area contributed by atoms with Gasteiger partial charge in [0.1, 0.15) is 0 Å². The van der Waals surface area contributed by atoms with Gasteiger partial charge in [-0.05, 0) is 43.2 Å². The van der Waals surface area contributed by atoms with E-state index in [9.17, 15) is 4.79 Å². The van der Waals surface area contributed by atoms with E-state index in [2.05, 4.69) is 24.3 Å². The molecule has 0 radical (unpaired) electrons. The van der Waals surface area contributed by atoms with Gasteiger partial charge in [-0.1, -0.05) is 24.3 Å². The Kier molecular flexibility index (Phi) is 3.56. The van der Waals surface area contributed by atoms with Gasteiger partial charge in [0.15, 0.2) is 0 Å². The van der Waals surface area contributed by atoms with Gasteiger partial charge in [0.25, 0.3) is 0 Å². The van der Waals surface area contributed by atoms with Crippen LogP contribution in [0.1, 0.15) is 30.4 Å². The number of amides is 1. The molecule has 0 saturated heterocycles. The van der Waals surface area contributed by atoms with Gasteiger partial charge in [-0.2, -0.15) is 0 Å². The summed E-state index contributed by atoms with van der Waals surface area (Å²) in [4.78, 5) is 14.7. The third kappa shape index (κ3) is 2.66. The van der Waals surface area contributed by atoms with Gasteiger partial charge in [-0.3, -0.25) is 4.79 Å². The molecule has 1 unspecified atom stereocenters. The molecule has 1 aromatic carbocycles. The number of hydrogen-bond acceptors (Lipinski definition) is 2. The number of carbonyl (C=O) groups excluding carboxylic acids is 1. The van der Waals surface area contributed by atoms with Crippen LogP contribution in [0.3, 0.4) is 0 Å². The quantitative estimate of drug-likeness (QED) is 0.894. The number of carbonyl (C=O) groups is 1. The number of benzene rings is 1. The fraction of sp³-hybridized carbons (Fsp3) is 0.562. The number of fused-ring (bicyclic) bond motifs is 1. The van der Waals surface area contributed by atoms with Crippen LogP contribution in [-0.4, -0.2) is 29.9 Å². The third-order valence-corrected chi connectivity index (χ3v) is 4.34. The first kappa shape index (κ1) is 12.7. The van der Waals surface area contributed by atoms with Gasteiger partial charge in [0.05, 0.1) is 0 Å². The van der Waals surface area contributed by atoms with E-state index >= 15 is 0 Å². The lowest BCUT2D eigenvalue weighted by atomic mass is 9.83. The van der Waals surface area contributed by atoms with Crippen molar-refractivity contribution < 1.29 is 4.79 Å². The second-order valence-electron chi connectivity index (χ2n) is 5.76. The number of aryl methyl sites for hydroxylation is 1. The molecule has 19 heavy (non-hydrogen) atoms. The minimum atomic E-state index is 0.169. The molecule has 3 heteroatoms. The van der Waals surface area contributed by atoms with E-state index in [1.807, 2.05) is 4.90 Å². The maximum Gasteiger partial charge on any atom is 0.226 e. The van der Waals surface area contributed by atoms with Gasteiger partial charge in [-0.25, -0.2) is 0 Å². The Hall–Kier alpha value is -1.35. The molecule has 0 spiro atoms. The monoisotopic (exact) mass is 258 g/mol. The van der Waals surface area contributed by atoms with Crippen molar-refractivity contribution in [3.63, 3.8) is 0 Å². The zero-order chi connectivity index (χ0) is 13.2. The number of rotatable bonds is 4. The van der Waals surface area contributed by atoms with Crippen molar-refractivity contribution in [2.24, 2.45) is 11.7 Å². The minimum absolute atomic E-state index is 0.169. The second kappa shape index (κ2) is 5.33. The lowest BCUT2D eigenvalue weighted by Gasteiger charge is -2.30. The highest BCUT2D eigenvalue weighted by molar-refractivity contribution is 5.80. The molecule has 3 rings (SSSR count). The summed E-state index contributed by atoms with van der Waals surface area (Å²) in [7, 11) is 0. The van der Waals surface area contributed by atoms with Gasteiger partial charge < -0.3 is 10.6 Å². The maximum atomic E-state index is 12.6. The smallest absolute Gasteiger partial charge is 0.226 e. The van der Waals surface area contributed by atoms with Crippen LogP contribution >= 0.6 is 0 Å². The molecule has 0 aliphatic heterocycles. The van der Waals surface area contributed by atoms with Crippen molar-refractivity contribution in [3.05, 3.63) is 35.4 Å². The highest BCUT2D eigenvalue weighted by Gasteiger charge is 2.36. The number of nitrogens with zero attached hydrogens (tertiary/aromatic N) is 1. The fourth-order valence-corrected chi connectivity index (χ4v) is 3.14. The molecule has 2 aliphatic carbocycles. The van der Waals surface area contributed by atoms with E-state index in [0.717, 1.165) is 38.6 Å². The van der Waals surface area contributed by atoms with Crippen LogP contribution in [0.4, 0.5) is 0 Å². The Labute approximate surface area is 114 Å². The fourth-order valence-electron chi connectivity index (χ4n) is 3.14. The average molecular weight is 258 g/mol. The summed E-state index contributed by atoms with van der Waals surface area (Å²) in [5, 5.41) is 0. The first-order valence-electron chi connectivity index (χ1n) is 7.37. The van der Waals surface area contributed by atoms with Crippen LogP contribution in [0, 0.1) is 5.92 Å². The van der Waals surface area contributed by atoms with Crippen LogP contribution < -0.4 is 5.73 Å². The van der Waals surface area contributed by atoms with Crippen LogP contribution in [0.2, 0.25) is 0 Å². The summed E-state index contributed by atoms with van der Waals surface area (Å²) in [6.45, 7) is 1.30. The molecular formula is C16H22N2O.